The van der Waals surface area contributed by atoms with E-state index in [4.69, 9.17) is 9.72 Å². The molecule has 1 saturated heterocycles. The van der Waals surface area contributed by atoms with Crippen LogP contribution in [-0.2, 0) is 17.7 Å². The zero-order valence-electron chi connectivity index (χ0n) is 12.7. The van der Waals surface area contributed by atoms with Gasteiger partial charge in [0.15, 0.2) is 0 Å². The number of ether oxygens (including phenoxy) is 1. The van der Waals surface area contributed by atoms with Gasteiger partial charge in [-0.1, -0.05) is 6.42 Å². The lowest BCUT2D eigenvalue weighted by molar-refractivity contribution is 0.163. The van der Waals surface area contributed by atoms with Crippen LogP contribution in [-0.4, -0.2) is 49.3 Å². The van der Waals surface area contributed by atoms with Crippen molar-refractivity contribution in [2.24, 2.45) is 0 Å². The van der Waals surface area contributed by atoms with Gasteiger partial charge in [-0.05, 0) is 26.3 Å². The molecule has 0 spiro atoms. The van der Waals surface area contributed by atoms with Gasteiger partial charge in [0.2, 0.25) is 0 Å². The molecule has 1 aromatic heterocycles. The predicted molar refractivity (Wildman–Crippen MR) is 84.3 cm³/mol. The number of nitrogens with one attached hydrogen (secondary N) is 1. The Balaban J connectivity index is 1.69. The average molecular weight is 297 g/mol. The maximum Gasteiger partial charge on any atom is 0.0941 e. The van der Waals surface area contributed by atoms with Crippen molar-refractivity contribution in [3.63, 3.8) is 0 Å². The lowest BCUT2D eigenvalue weighted by atomic mass is 10.0. The van der Waals surface area contributed by atoms with Crippen LogP contribution in [0, 0.1) is 0 Å². The monoisotopic (exact) mass is 297 g/mol. The first kappa shape index (κ1) is 15.9. The molecule has 2 rings (SSSR count). The summed E-state index contributed by atoms with van der Waals surface area (Å²) in [4.78, 5) is 7.32. The second-order valence-corrected chi connectivity index (χ2v) is 6.48. The molecular formula is C15H27N3OS. The van der Waals surface area contributed by atoms with Gasteiger partial charge < -0.3 is 15.0 Å². The highest BCUT2D eigenvalue weighted by Crippen LogP contribution is 2.18. The third-order valence-corrected chi connectivity index (χ3v) is 4.90. The molecule has 0 amide bonds. The largest absolute Gasteiger partial charge is 0.383 e. The SMILES string of the molecule is COCCNCc1csc(CCN2CCCCC2C)n1. The minimum Gasteiger partial charge on any atom is -0.383 e. The van der Waals surface area contributed by atoms with E-state index < -0.39 is 0 Å². The molecule has 0 saturated carbocycles. The van der Waals surface area contributed by atoms with Gasteiger partial charge in [0.1, 0.15) is 0 Å². The summed E-state index contributed by atoms with van der Waals surface area (Å²) < 4.78 is 5.01. The molecule has 114 valence electrons. The Morgan fingerprint density at radius 2 is 2.40 bits per heavy atom. The van der Waals surface area contributed by atoms with Crippen LogP contribution in [0.25, 0.3) is 0 Å². The molecule has 0 aliphatic carbocycles. The van der Waals surface area contributed by atoms with Crippen LogP contribution >= 0.6 is 11.3 Å². The third kappa shape index (κ3) is 5.13. The molecule has 1 aromatic rings. The van der Waals surface area contributed by atoms with E-state index in [0.29, 0.717) is 0 Å². The van der Waals surface area contributed by atoms with Crippen LogP contribution in [0.1, 0.15) is 36.9 Å². The van der Waals surface area contributed by atoms with Gasteiger partial charge in [0.05, 0.1) is 17.3 Å². The van der Waals surface area contributed by atoms with Crippen molar-refractivity contribution in [3.8, 4) is 0 Å². The zero-order chi connectivity index (χ0) is 14.2. The molecular weight excluding hydrogens is 270 g/mol. The van der Waals surface area contributed by atoms with E-state index in [1.165, 1.54) is 30.8 Å². The summed E-state index contributed by atoms with van der Waals surface area (Å²) in [5.41, 5.74) is 1.16. The lowest BCUT2D eigenvalue weighted by Crippen LogP contribution is -2.38. The van der Waals surface area contributed by atoms with Gasteiger partial charge in [-0.15, -0.1) is 11.3 Å². The number of nitrogens with zero attached hydrogens (tertiary/aromatic N) is 2. The fourth-order valence-corrected chi connectivity index (χ4v) is 3.45. The molecule has 1 N–H and O–H groups in total. The van der Waals surface area contributed by atoms with Gasteiger partial charge in [-0.25, -0.2) is 4.98 Å². The van der Waals surface area contributed by atoms with Crippen molar-refractivity contribution in [3.05, 3.63) is 16.1 Å². The first-order valence-electron chi connectivity index (χ1n) is 7.66. The first-order valence-corrected chi connectivity index (χ1v) is 8.54. The number of rotatable bonds is 8. The highest BCUT2D eigenvalue weighted by molar-refractivity contribution is 7.09. The Bertz CT molecular complexity index is 383. The fourth-order valence-electron chi connectivity index (χ4n) is 2.66. The number of hydrogen-bond donors (Lipinski definition) is 1. The molecule has 1 atom stereocenters. The number of piperidine rings is 1. The van der Waals surface area contributed by atoms with E-state index in [1.807, 2.05) is 0 Å². The highest BCUT2D eigenvalue weighted by atomic mass is 32.1. The molecule has 5 heteroatoms. The normalized spacial score (nSPS) is 20.4. The summed E-state index contributed by atoms with van der Waals surface area (Å²) >= 11 is 1.79. The van der Waals surface area contributed by atoms with E-state index in [1.54, 1.807) is 18.4 Å². The Kier molecular flexibility index (Phi) is 6.93. The second kappa shape index (κ2) is 8.72. The molecule has 0 aromatic carbocycles. The van der Waals surface area contributed by atoms with Crippen LogP contribution in [0.5, 0.6) is 0 Å². The van der Waals surface area contributed by atoms with Crippen molar-refractivity contribution in [1.82, 2.24) is 15.2 Å². The number of likely N-dealkylation sites (tertiary alicyclic amines) is 1. The molecule has 1 unspecified atom stereocenters. The molecule has 1 aliphatic heterocycles. The van der Waals surface area contributed by atoms with Crippen molar-refractivity contribution < 1.29 is 4.74 Å². The summed E-state index contributed by atoms with van der Waals surface area (Å²) in [6.07, 6.45) is 5.20. The Morgan fingerprint density at radius 1 is 1.50 bits per heavy atom. The first-order chi connectivity index (χ1) is 9.79. The summed E-state index contributed by atoms with van der Waals surface area (Å²) in [6.45, 7) is 7.26. The van der Waals surface area contributed by atoms with Crippen LogP contribution in [0.3, 0.4) is 0 Å². The van der Waals surface area contributed by atoms with Gasteiger partial charge in [0.25, 0.3) is 0 Å². The van der Waals surface area contributed by atoms with Crippen LogP contribution in [0.4, 0.5) is 0 Å². The maximum atomic E-state index is 5.01. The van der Waals surface area contributed by atoms with Crippen LogP contribution < -0.4 is 5.32 Å². The van der Waals surface area contributed by atoms with Crippen molar-refractivity contribution in [2.75, 3.05) is 33.4 Å². The minimum atomic E-state index is 0.749. The van der Waals surface area contributed by atoms with Gasteiger partial charge in [-0.3, -0.25) is 0 Å². The molecule has 1 fully saturated rings. The van der Waals surface area contributed by atoms with Crippen LogP contribution in [0.15, 0.2) is 5.38 Å². The summed E-state index contributed by atoms with van der Waals surface area (Å²) in [5.74, 6) is 0. The number of hydrogen-bond acceptors (Lipinski definition) is 5. The summed E-state index contributed by atoms with van der Waals surface area (Å²) in [6, 6.07) is 0.749. The standard InChI is InChI=1S/C15H27N3OS/c1-13-5-3-4-8-18(13)9-6-15-17-14(12-20-15)11-16-7-10-19-2/h12-13,16H,3-11H2,1-2H3. The molecule has 0 bridgehead atoms. The van der Waals surface area contributed by atoms with Crippen molar-refractivity contribution in [1.29, 1.82) is 0 Å². The third-order valence-electron chi connectivity index (χ3n) is 3.94. The van der Waals surface area contributed by atoms with E-state index in [-0.39, 0.29) is 0 Å². The van der Waals surface area contributed by atoms with E-state index >= 15 is 0 Å². The van der Waals surface area contributed by atoms with Crippen molar-refractivity contribution >= 4 is 11.3 Å². The Hall–Kier alpha value is -0.490. The lowest BCUT2D eigenvalue weighted by Gasteiger charge is -2.32. The van der Waals surface area contributed by atoms with E-state index in [0.717, 1.165) is 44.4 Å². The van der Waals surface area contributed by atoms with Gasteiger partial charge in [-0.2, -0.15) is 0 Å². The molecule has 4 nitrogen and oxygen atoms in total. The highest BCUT2D eigenvalue weighted by Gasteiger charge is 2.17. The number of thiazole rings is 1. The van der Waals surface area contributed by atoms with E-state index in [9.17, 15) is 0 Å². The maximum absolute atomic E-state index is 5.01. The zero-order valence-corrected chi connectivity index (χ0v) is 13.5. The van der Waals surface area contributed by atoms with Gasteiger partial charge in [0, 0.05) is 44.6 Å². The molecule has 20 heavy (non-hydrogen) atoms. The van der Waals surface area contributed by atoms with E-state index in [2.05, 4.69) is 22.5 Å². The fraction of sp³-hybridized carbons (Fsp3) is 0.800. The second-order valence-electron chi connectivity index (χ2n) is 5.53. The summed E-state index contributed by atoms with van der Waals surface area (Å²) in [7, 11) is 1.73. The Labute approximate surface area is 126 Å². The quantitative estimate of drug-likeness (QED) is 0.747. The van der Waals surface area contributed by atoms with Gasteiger partial charge >= 0.3 is 0 Å². The molecule has 2 heterocycles. The average Bonchev–Trinajstić information content (AvgIpc) is 2.91. The topological polar surface area (TPSA) is 37.4 Å². The molecule has 1 aliphatic rings. The Morgan fingerprint density at radius 3 is 3.20 bits per heavy atom. The predicted octanol–water partition coefficient (Wildman–Crippen LogP) is 2.30. The number of aromatic nitrogens is 1. The minimum absolute atomic E-state index is 0.749. The number of methoxy groups -OCH3 is 1. The summed E-state index contributed by atoms with van der Waals surface area (Å²) in [5, 5.41) is 6.78. The smallest absolute Gasteiger partial charge is 0.0941 e. The van der Waals surface area contributed by atoms with Crippen molar-refractivity contribution in [2.45, 2.75) is 45.2 Å². The molecule has 0 radical (unpaired) electrons. The van der Waals surface area contributed by atoms with Crippen LogP contribution in [0.2, 0.25) is 0 Å².